The van der Waals surface area contributed by atoms with E-state index in [1.807, 2.05) is 42.6 Å². The molecular weight excluding hydrogens is 170 g/mol. The fourth-order valence-corrected chi connectivity index (χ4v) is 1.31. The first-order valence-electron chi connectivity index (χ1n) is 4.37. The van der Waals surface area contributed by atoms with Crippen LogP contribution in [0.15, 0.2) is 48.8 Å². The molecule has 0 atom stereocenters. The van der Waals surface area contributed by atoms with Crippen molar-refractivity contribution >= 4 is 0 Å². The molecule has 0 aliphatic heterocycles. The molecule has 0 aliphatic carbocycles. The van der Waals surface area contributed by atoms with Crippen molar-refractivity contribution < 1.29 is 0 Å². The number of pyridine rings is 1. The molecule has 1 nitrogen and oxygen atoms in total. The molecule has 2 rings (SSSR count). The highest BCUT2D eigenvalue weighted by Gasteiger charge is 1.96. The summed E-state index contributed by atoms with van der Waals surface area (Å²) in [6, 6.07) is 12.0. The van der Waals surface area contributed by atoms with Gasteiger partial charge in [-0.2, -0.15) is 0 Å². The summed E-state index contributed by atoms with van der Waals surface area (Å²) >= 11 is 0. The Bertz CT molecular complexity index is 466. The summed E-state index contributed by atoms with van der Waals surface area (Å²) in [6.07, 6.45) is 8.81. The second-order valence-corrected chi connectivity index (χ2v) is 2.97. The maximum absolute atomic E-state index is 5.31. The molecule has 0 unspecified atom stereocenters. The molecule has 0 spiro atoms. The Balaban J connectivity index is 2.49. The number of aromatic nitrogens is 1. The SMILES string of the molecule is C#Cc1cncc(-c2ccccc2)c1. The minimum Gasteiger partial charge on any atom is -0.263 e. The summed E-state index contributed by atoms with van der Waals surface area (Å²) in [5.74, 6) is 2.57. The standard InChI is InChI=1S/C13H9N/c1-2-11-8-13(10-14-9-11)12-6-4-3-5-7-12/h1,3-10H. The van der Waals surface area contributed by atoms with Crippen molar-refractivity contribution in [2.24, 2.45) is 0 Å². The zero-order valence-corrected chi connectivity index (χ0v) is 7.64. The molecule has 14 heavy (non-hydrogen) atoms. The summed E-state index contributed by atoms with van der Waals surface area (Å²) in [5.41, 5.74) is 3.00. The number of benzene rings is 1. The van der Waals surface area contributed by atoms with E-state index in [1.54, 1.807) is 6.20 Å². The van der Waals surface area contributed by atoms with Crippen molar-refractivity contribution in [2.45, 2.75) is 0 Å². The number of rotatable bonds is 1. The fraction of sp³-hybridized carbons (Fsp3) is 0. The zero-order chi connectivity index (χ0) is 9.80. The third-order valence-electron chi connectivity index (χ3n) is 2.01. The molecule has 0 fully saturated rings. The zero-order valence-electron chi connectivity index (χ0n) is 7.64. The van der Waals surface area contributed by atoms with E-state index in [-0.39, 0.29) is 0 Å². The Morgan fingerprint density at radius 1 is 1.00 bits per heavy atom. The lowest BCUT2D eigenvalue weighted by Gasteiger charge is -2.00. The van der Waals surface area contributed by atoms with Crippen LogP contribution < -0.4 is 0 Å². The van der Waals surface area contributed by atoms with Crippen LogP contribution in [0.4, 0.5) is 0 Å². The molecule has 1 heteroatoms. The lowest BCUT2D eigenvalue weighted by molar-refractivity contribution is 1.31. The Hall–Kier alpha value is -2.07. The number of nitrogens with zero attached hydrogens (tertiary/aromatic N) is 1. The van der Waals surface area contributed by atoms with E-state index in [9.17, 15) is 0 Å². The Morgan fingerprint density at radius 3 is 2.50 bits per heavy atom. The second kappa shape index (κ2) is 3.76. The molecule has 1 aromatic heterocycles. The highest BCUT2D eigenvalue weighted by Crippen LogP contribution is 2.18. The van der Waals surface area contributed by atoms with Crippen LogP contribution in [-0.4, -0.2) is 4.98 Å². The first-order valence-corrected chi connectivity index (χ1v) is 4.37. The number of hydrogen-bond acceptors (Lipinski definition) is 1. The van der Waals surface area contributed by atoms with Gasteiger partial charge in [0.05, 0.1) is 0 Å². The Kier molecular flexibility index (Phi) is 2.29. The quantitative estimate of drug-likeness (QED) is 0.613. The fourth-order valence-electron chi connectivity index (χ4n) is 1.31. The molecule has 0 amide bonds. The average molecular weight is 179 g/mol. The van der Waals surface area contributed by atoms with Crippen molar-refractivity contribution in [3.63, 3.8) is 0 Å². The normalized spacial score (nSPS) is 9.36. The van der Waals surface area contributed by atoms with Gasteiger partial charge in [0.1, 0.15) is 0 Å². The summed E-state index contributed by atoms with van der Waals surface area (Å²) in [5, 5.41) is 0. The van der Waals surface area contributed by atoms with Crippen molar-refractivity contribution in [1.82, 2.24) is 4.98 Å². The topological polar surface area (TPSA) is 12.9 Å². The summed E-state index contributed by atoms with van der Waals surface area (Å²) < 4.78 is 0. The van der Waals surface area contributed by atoms with Crippen LogP contribution in [0.2, 0.25) is 0 Å². The van der Waals surface area contributed by atoms with Crippen LogP contribution in [0.5, 0.6) is 0 Å². The molecule has 0 bridgehead atoms. The van der Waals surface area contributed by atoms with Crippen molar-refractivity contribution in [3.05, 3.63) is 54.4 Å². The molecule has 2 aromatic rings. The molecule has 0 saturated carbocycles. The van der Waals surface area contributed by atoms with Crippen LogP contribution in [0.1, 0.15) is 5.56 Å². The summed E-state index contributed by atoms with van der Waals surface area (Å²) in [4.78, 5) is 4.09. The number of hydrogen-bond donors (Lipinski definition) is 0. The maximum atomic E-state index is 5.31. The summed E-state index contributed by atoms with van der Waals surface area (Å²) in [6.45, 7) is 0. The van der Waals surface area contributed by atoms with Crippen molar-refractivity contribution in [3.8, 4) is 23.5 Å². The van der Waals surface area contributed by atoms with E-state index in [0.717, 1.165) is 16.7 Å². The number of terminal acetylenes is 1. The first kappa shape index (κ1) is 8.52. The van der Waals surface area contributed by atoms with Gasteiger partial charge in [-0.1, -0.05) is 36.3 Å². The van der Waals surface area contributed by atoms with Gasteiger partial charge in [0, 0.05) is 23.5 Å². The minimum absolute atomic E-state index is 0.811. The van der Waals surface area contributed by atoms with E-state index in [2.05, 4.69) is 10.9 Å². The van der Waals surface area contributed by atoms with Gasteiger partial charge in [0.15, 0.2) is 0 Å². The van der Waals surface area contributed by atoms with Crippen molar-refractivity contribution in [2.75, 3.05) is 0 Å². The largest absolute Gasteiger partial charge is 0.263 e. The first-order chi connectivity index (χ1) is 6.90. The third-order valence-corrected chi connectivity index (χ3v) is 2.01. The third kappa shape index (κ3) is 1.65. The van der Waals surface area contributed by atoms with Crippen molar-refractivity contribution in [1.29, 1.82) is 0 Å². The van der Waals surface area contributed by atoms with Crippen LogP contribution in [0.25, 0.3) is 11.1 Å². The predicted molar refractivity (Wildman–Crippen MR) is 57.6 cm³/mol. The van der Waals surface area contributed by atoms with Gasteiger partial charge in [-0.3, -0.25) is 4.98 Å². The molecule has 0 N–H and O–H groups in total. The van der Waals surface area contributed by atoms with Gasteiger partial charge in [-0.15, -0.1) is 6.42 Å². The van der Waals surface area contributed by atoms with E-state index < -0.39 is 0 Å². The summed E-state index contributed by atoms with van der Waals surface area (Å²) in [7, 11) is 0. The average Bonchev–Trinajstić information content (AvgIpc) is 2.30. The van der Waals surface area contributed by atoms with E-state index >= 15 is 0 Å². The monoisotopic (exact) mass is 179 g/mol. The predicted octanol–water partition coefficient (Wildman–Crippen LogP) is 2.73. The van der Waals surface area contributed by atoms with Gasteiger partial charge in [0.2, 0.25) is 0 Å². The van der Waals surface area contributed by atoms with Crippen LogP contribution in [-0.2, 0) is 0 Å². The molecule has 0 radical (unpaired) electrons. The Morgan fingerprint density at radius 2 is 1.79 bits per heavy atom. The van der Waals surface area contributed by atoms with E-state index in [0.29, 0.717) is 0 Å². The molecule has 0 saturated heterocycles. The lowest BCUT2D eigenvalue weighted by Crippen LogP contribution is -1.82. The van der Waals surface area contributed by atoms with Gasteiger partial charge in [-0.25, -0.2) is 0 Å². The lowest BCUT2D eigenvalue weighted by atomic mass is 10.1. The van der Waals surface area contributed by atoms with E-state index in [4.69, 9.17) is 6.42 Å². The van der Waals surface area contributed by atoms with Gasteiger partial charge < -0.3 is 0 Å². The highest BCUT2D eigenvalue weighted by molar-refractivity contribution is 5.63. The molecular formula is C13H9N. The smallest absolute Gasteiger partial charge is 0.0432 e. The van der Waals surface area contributed by atoms with Gasteiger partial charge >= 0.3 is 0 Å². The highest BCUT2D eigenvalue weighted by atomic mass is 14.6. The molecule has 1 heterocycles. The molecule has 1 aromatic carbocycles. The van der Waals surface area contributed by atoms with Gasteiger partial charge in [-0.05, 0) is 11.6 Å². The van der Waals surface area contributed by atoms with E-state index in [1.165, 1.54) is 0 Å². The van der Waals surface area contributed by atoms with Crippen LogP contribution in [0, 0.1) is 12.3 Å². The van der Waals surface area contributed by atoms with Gasteiger partial charge in [0.25, 0.3) is 0 Å². The maximum Gasteiger partial charge on any atom is 0.0432 e. The molecule has 0 aliphatic rings. The second-order valence-electron chi connectivity index (χ2n) is 2.97. The minimum atomic E-state index is 0.811. The molecule has 66 valence electrons. The Labute approximate surface area is 83.4 Å². The van der Waals surface area contributed by atoms with Crippen LogP contribution in [0.3, 0.4) is 0 Å². The van der Waals surface area contributed by atoms with Crippen LogP contribution >= 0.6 is 0 Å².